The van der Waals surface area contributed by atoms with Crippen LogP contribution >= 0.6 is 0 Å². The Bertz CT molecular complexity index is 177. The van der Waals surface area contributed by atoms with Gasteiger partial charge in [-0.15, -0.1) is 6.58 Å². The van der Waals surface area contributed by atoms with Gasteiger partial charge < -0.3 is 5.32 Å². The Morgan fingerprint density at radius 3 is 2.11 bits per heavy atom. The molecule has 0 saturated carbocycles. The van der Waals surface area contributed by atoms with Crippen LogP contribution in [-0.2, 0) is 0 Å². The highest BCUT2D eigenvalue weighted by Crippen LogP contribution is 2.13. The van der Waals surface area contributed by atoms with Gasteiger partial charge in [-0.2, -0.15) is 0 Å². The lowest BCUT2D eigenvalue weighted by Crippen LogP contribution is -2.29. The van der Waals surface area contributed by atoms with E-state index in [1.165, 1.54) is 83.6 Å². The summed E-state index contributed by atoms with van der Waals surface area (Å²) in [6.07, 6.45) is 18.4. The Morgan fingerprint density at radius 2 is 1.47 bits per heavy atom. The summed E-state index contributed by atoms with van der Waals surface area (Å²) in [5, 5.41) is 3.71. The van der Waals surface area contributed by atoms with Gasteiger partial charge in [0.25, 0.3) is 0 Å². The highest BCUT2D eigenvalue weighted by atomic mass is 14.9. The lowest BCUT2D eigenvalue weighted by Gasteiger charge is -2.18. The second-order valence-electron chi connectivity index (χ2n) is 5.78. The zero-order chi connectivity index (χ0) is 14.2. The van der Waals surface area contributed by atoms with Crippen molar-refractivity contribution >= 4 is 0 Å². The fraction of sp³-hybridized carbons (Fsp3) is 0.889. The van der Waals surface area contributed by atoms with Gasteiger partial charge in [-0.05, 0) is 38.6 Å². The third kappa shape index (κ3) is 13.9. The van der Waals surface area contributed by atoms with E-state index in [-0.39, 0.29) is 0 Å². The maximum absolute atomic E-state index is 3.81. The van der Waals surface area contributed by atoms with Crippen molar-refractivity contribution in [2.45, 2.75) is 96.9 Å². The van der Waals surface area contributed by atoms with Crippen LogP contribution in [0.1, 0.15) is 90.9 Å². The predicted octanol–water partition coefficient (Wildman–Crippen LogP) is 5.85. The summed E-state index contributed by atoms with van der Waals surface area (Å²) < 4.78 is 0. The van der Waals surface area contributed by atoms with Crippen molar-refractivity contribution in [1.82, 2.24) is 5.32 Å². The molecule has 0 saturated heterocycles. The SMILES string of the molecule is C=CCCCC(CCCCCCCCC)NCCC. The molecule has 19 heavy (non-hydrogen) atoms. The van der Waals surface area contributed by atoms with Gasteiger partial charge in [0.15, 0.2) is 0 Å². The first-order chi connectivity index (χ1) is 9.35. The molecule has 0 rings (SSSR count). The summed E-state index contributed by atoms with van der Waals surface area (Å²) in [5.41, 5.74) is 0. The molecular formula is C18H37N. The summed E-state index contributed by atoms with van der Waals surface area (Å²) >= 11 is 0. The highest BCUT2D eigenvalue weighted by Gasteiger charge is 2.06. The van der Waals surface area contributed by atoms with Crippen molar-refractivity contribution in [3.05, 3.63) is 12.7 Å². The topological polar surface area (TPSA) is 12.0 Å². The van der Waals surface area contributed by atoms with Gasteiger partial charge in [0.05, 0.1) is 0 Å². The first-order valence-corrected chi connectivity index (χ1v) is 8.69. The lowest BCUT2D eigenvalue weighted by atomic mass is 10.0. The molecule has 0 aliphatic rings. The molecule has 1 unspecified atom stereocenters. The zero-order valence-electron chi connectivity index (χ0n) is 13.6. The molecule has 0 fully saturated rings. The fourth-order valence-electron chi connectivity index (χ4n) is 2.55. The summed E-state index contributed by atoms with van der Waals surface area (Å²) in [6, 6.07) is 0.746. The van der Waals surface area contributed by atoms with Crippen LogP contribution in [0.2, 0.25) is 0 Å². The Hall–Kier alpha value is -0.300. The number of nitrogens with one attached hydrogen (secondary N) is 1. The monoisotopic (exact) mass is 267 g/mol. The summed E-state index contributed by atoms with van der Waals surface area (Å²) in [4.78, 5) is 0. The van der Waals surface area contributed by atoms with E-state index in [1.807, 2.05) is 6.08 Å². The molecular weight excluding hydrogens is 230 g/mol. The molecule has 0 aromatic heterocycles. The minimum Gasteiger partial charge on any atom is -0.314 e. The molecule has 1 atom stereocenters. The minimum atomic E-state index is 0.746. The van der Waals surface area contributed by atoms with E-state index in [9.17, 15) is 0 Å². The second kappa shape index (κ2) is 15.8. The third-order valence-electron chi connectivity index (χ3n) is 3.80. The molecule has 0 aliphatic carbocycles. The molecule has 1 N–H and O–H groups in total. The number of hydrogen-bond donors (Lipinski definition) is 1. The van der Waals surface area contributed by atoms with Crippen LogP contribution in [0.4, 0.5) is 0 Å². The summed E-state index contributed by atoms with van der Waals surface area (Å²) in [5.74, 6) is 0. The highest BCUT2D eigenvalue weighted by molar-refractivity contribution is 4.71. The van der Waals surface area contributed by atoms with E-state index < -0.39 is 0 Å². The first-order valence-electron chi connectivity index (χ1n) is 8.69. The Labute approximate surface area is 122 Å². The Morgan fingerprint density at radius 1 is 0.842 bits per heavy atom. The van der Waals surface area contributed by atoms with Crippen molar-refractivity contribution in [3.63, 3.8) is 0 Å². The Balaban J connectivity index is 3.51. The van der Waals surface area contributed by atoms with E-state index >= 15 is 0 Å². The van der Waals surface area contributed by atoms with Crippen LogP contribution in [0.25, 0.3) is 0 Å². The van der Waals surface area contributed by atoms with Crippen LogP contribution in [0.15, 0.2) is 12.7 Å². The normalized spacial score (nSPS) is 12.5. The van der Waals surface area contributed by atoms with Gasteiger partial charge in [0.1, 0.15) is 0 Å². The van der Waals surface area contributed by atoms with Crippen molar-refractivity contribution < 1.29 is 0 Å². The van der Waals surface area contributed by atoms with Crippen LogP contribution in [-0.4, -0.2) is 12.6 Å². The van der Waals surface area contributed by atoms with Crippen LogP contribution < -0.4 is 5.32 Å². The maximum atomic E-state index is 3.81. The lowest BCUT2D eigenvalue weighted by molar-refractivity contribution is 0.422. The molecule has 1 nitrogen and oxygen atoms in total. The quantitative estimate of drug-likeness (QED) is 0.290. The molecule has 0 amide bonds. The zero-order valence-corrected chi connectivity index (χ0v) is 13.6. The average Bonchev–Trinajstić information content (AvgIpc) is 2.43. The molecule has 0 bridgehead atoms. The van der Waals surface area contributed by atoms with Gasteiger partial charge in [-0.1, -0.05) is 64.9 Å². The van der Waals surface area contributed by atoms with Gasteiger partial charge >= 0.3 is 0 Å². The number of allylic oxidation sites excluding steroid dienone is 1. The van der Waals surface area contributed by atoms with Crippen LogP contribution in [0, 0.1) is 0 Å². The number of hydrogen-bond acceptors (Lipinski definition) is 1. The van der Waals surface area contributed by atoms with Crippen LogP contribution in [0.5, 0.6) is 0 Å². The molecule has 1 heteroatoms. The molecule has 0 radical (unpaired) electrons. The van der Waals surface area contributed by atoms with Crippen molar-refractivity contribution in [2.24, 2.45) is 0 Å². The van der Waals surface area contributed by atoms with Gasteiger partial charge in [-0.3, -0.25) is 0 Å². The van der Waals surface area contributed by atoms with Gasteiger partial charge in [0.2, 0.25) is 0 Å². The molecule has 0 aromatic carbocycles. The van der Waals surface area contributed by atoms with Crippen molar-refractivity contribution in [1.29, 1.82) is 0 Å². The minimum absolute atomic E-state index is 0.746. The maximum Gasteiger partial charge on any atom is 0.00671 e. The molecule has 0 heterocycles. The standard InChI is InChI=1S/C18H37N/c1-4-7-9-10-11-12-14-16-18(19-17-6-3)15-13-8-5-2/h5,18-19H,2,4,6-17H2,1,3H3. The van der Waals surface area contributed by atoms with E-state index in [4.69, 9.17) is 0 Å². The smallest absolute Gasteiger partial charge is 0.00671 e. The average molecular weight is 268 g/mol. The molecule has 0 spiro atoms. The van der Waals surface area contributed by atoms with E-state index in [2.05, 4.69) is 25.7 Å². The third-order valence-corrected chi connectivity index (χ3v) is 3.80. The Kier molecular flexibility index (Phi) is 15.5. The van der Waals surface area contributed by atoms with Gasteiger partial charge in [-0.25, -0.2) is 0 Å². The van der Waals surface area contributed by atoms with Gasteiger partial charge in [0, 0.05) is 6.04 Å². The van der Waals surface area contributed by atoms with E-state index in [1.54, 1.807) is 0 Å². The molecule has 0 aliphatic heterocycles. The van der Waals surface area contributed by atoms with E-state index in [0.717, 1.165) is 6.04 Å². The number of rotatable bonds is 15. The predicted molar refractivity (Wildman–Crippen MR) is 88.7 cm³/mol. The summed E-state index contributed by atoms with van der Waals surface area (Å²) in [6.45, 7) is 9.52. The van der Waals surface area contributed by atoms with Crippen molar-refractivity contribution in [2.75, 3.05) is 6.54 Å². The first kappa shape index (κ1) is 18.7. The van der Waals surface area contributed by atoms with Crippen LogP contribution in [0.3, 0.4) is 0 Å². The second-order valence-corrected chi connectivity index (χ2v) is 5.78. The fourth-order valence-corrected chi connectivity index (χ4v) is 2.55. The number of unbranched alkanes of at least 4 members (excludes halogenated alkanes) is 7. The van der Waals surface area contributed by atoms with E-state index in [0.29, 0.717) is 0 Å². The van der Waals surface area contributed by atoms with Crippen molar-refractivity contribution in [3.8, 4) is 0 Å². The molecule has 114 valence electrons. The summed E-state index contributed by atoms with van der Waals surface area (Å²) in [7, 11) is 0. The largest absolute Gasteiger partial charge is 0.314 e. The molecule has 0 aromatic rings.